The van der Waals surface area contributed by atoms with E-state index in [-0.39, 0.29) is 30.3 Å². The molecule has 4 aromatic rings. The van der Waals surface area contributed by atoms with Gasteiger partial charge in [-0.15, -0.1) is 0 Å². The lowest BCUT2D eigenvalue weighted by Crippen LogP contribution is -2.59. The summed E-state index contributed by atoms with van der Waals surface area (Å²) >= 11 is 0. The molecule has 14 nitrogen and oxygen atoms in total. The molecule has 2 aromatic heterocycles. The third-order valence-corrected chi connectivity index (χ3v) is 8.81. The molecule has 0 spiro atoms. The SMILES string of the molecule is O=C(CC1CN(c2ccnc(-n3ccnc3)n2)CCN1C(=O)NS(=O)(=O)c1ccccc1)NCCc1ccc2c(c1)OCCO2. The number of benzene rings is 2. The first kappa shape index (κ1) is 29.9. The average Bonchev–Trinajstić information content (AvgIpc) is 3.60. The second kappa shape index (κ2) is 13.2. The molecule has 0 aliphatic carbocycles. The van der Waals surface area contributed by atoms with Crippen LogP contribution in [0.15, 0.2) is 84.4 Å². The Hall–Kier alpha value is -5.18. The van der Waals surface area contributed by atoms with E-state index >= 15 is 0 Å². The minimum Gasteiger partial charge on any atom is -0.486 e. The first-order chi connectivity index (χ1) is 21.9. The van der Waals surface area contributed by atoms with E-state index < -0.39 is 22.1 Å². The average molecular weight is 633 g/mol. The fourth-order valence-corrected chi connectivity index (χ4v) is 6.21. The van der Waals surface area contributed by atoms with Gasteiger partial charge in [-0.1, -0.05) is 24.3 Å². The van der Waals surface area contributed by atoms with Gasteiger partial charge in [0.1, 0.15) is 25.4 Å². The van der Waals surface area contributed by atoms with Crippen LogP contribution in [-0.2, 0) is 21.2 Å². The first-order valence-corrected chi connectivity index (χ1v) is 15.9. The zero-order valence-corrected chi connectivity index (χ0v) is 25.1. The van der Waals surface area contributed by atoms with Crippen LogP contribution < -0.4 is 24.4 Å². The second-order valence-corrected chi connectivity index (χ2v) is 12.2. The molecule has 1 saturated heterocycles. The van der Waals surface area contributed by atoms with E-state index in [0.717, 1.165) is 5.56 Å². The Morgan fingerprint density at radius 3 is 2.60 bits per heavy atom. The van der Waals surface area contributed by atoms with E-state index in [9.17, 15) is 18.0 Å². The molecule has 4 heterocycles. The second-order valence-electron chi connectivity index (χ2n) is 10.5. The van der Waals surface area contributed by atoms with Crippen molar-refractivity contribution in [1.29, 1.82) is 0 Å². The van der Waals surface area contributed by atoms with E-state index in [1.807, 2.05) is 23.1 Å². The maximum absolute atomic E-state index is 13.4. The number of hydrogen-bond donors (Lipinski definition) is 2. The number of hydrogen-bond acceptors (Lipinski definition) is 10. The number of ether oxygens (including phenoxy) is 2. The predicted octanol–water partition coefficient (Wildman–Crippen LogP) is 1.77. The van der Waals surface area contributed by atoms with Gasteiger partial charge in [-0.2, -0.15) is 4.98 Å². The molecular weight excluding hydrogens is 600 g/mol. The number of amides is 3. The normalized spacial score (nSPS) is 16.2. The quantitative estimate of drug-likeness (QED) is 0.278. The highest BCUT2D eigenvalue weighted by molar-refractivity contribution is 7.90. The lowest BCUT2D eigenvalue weighted by atomic mass is 10.1. The fourth-order valence-electron chi connectivity index (χ4n) is 5.23. The number of anilines is 1. The molecule has 1 unspecified atom stereocenters. The standard InChI is InChI=1S/C30H32N8O6S/c39-28(32-10-8-22-6-7-25-26(18-22)44-17-16-43-25)19-23-20-36(27-9-11-33-29(34-27)37-13-12-31-21-37)14-15-38(23)30(40)35-45(41,42)24-4-2-1-3-5-24/h1-7,9,11-13,18,21,23H,8,10,14-17,19-20H2,(H,32,39)(H,35,40). The van der Waals surface area contributed by atoms with Crippen LogP contribution in [0.2, 0.25) is 0 Å². The number of piperazine rings is 1. The molecule has 2 aliphatic rings. The summed E-state index contributed by atoms with van der Waals surface area (Å²) in [4.78, 5) is 42.9. The Balaban J connectivity index is 1.14. The third kappa shape index (κ3) is 7.15. The van der Waals surface area contributed by atoms with Crippen molar-refractivity contribution in [3.8, 4) is 17.4 Å². The van der Waals surface area contributed by atoms with Crippen molar-refractivity contribution in [3.63, 3.8) is 0 Å². The summed E-state index contributed by atoms with van der Waals surface area (Å²) < 4.78 is 40.9. The highest BCUT2D eigenvalue weighted by Gasteiger charge is 2.34. The maximum atomic E-state index is 13.4. The Labute approximate surface area is 260 Å². The molecule has 2 N–H and O–H groups in total. The minimum absolute atomic E-state index is 0.0292. The Morgan fingerprint density at radius 1 is 0.978 bits per heavy atom. The van der Waals surface area contributed by atoms with Gasteiger partial charge < -0.3 is 24.6 Å². The Kier molecular flexibility index (Phi) is 8.77. The monoisotopic (exact) mass is 632 g/mol. The molecule has 2 aliphatic heterocycles. The summed E-state index contributed by atoms with van der Waals surface area (Å²) in [5, 5.41) is 2.93. The van der Waals surface area contributed by atoms with Crippen LogP contribution in [0.4, 0.5) is 10.6 Å². The molecular formula is C30H32N8O6S. The van der Waals surface area contributed by atoms with E-state index in [1.165, 1.54) is 17.0 Å². The number of nitrogens with zero attached hydrogens (tertiary/aromatic N) is 6. The molecule has 6 rings (SSSR count). The van der Waals surface area contributed by atoms with Gasteiger partial charge in [-0.25, -0.2) is 27.9 Å². The topological polar surface area (TPSA) is 161 Å². The van der Waals surface area contributed by atoms with Crippen LogP contribution in [0.25, 0.3) is 5.95 Å². The number of imidazole rings is 1. The Bertz CT molecular complexity index is 1750. The fraction of sp³-hybridized carbons (Fsp3) is 0.300. The van der Waals surface area contributed by atoms with Crippen LogP contribution in [-0.4, -0.2) is 90.2 Å². The number of urea groups is 1. The minimum atomic E-state index is -4.11. The number of sulfonamides is 1. The zero-order chi connectivity index (χ0) is 31.2. The molecule has 0 radical (unpaired) electrons. The molecule has 15 heteroatoms. The largest absolute Gasteiger partial charge is 0.486 e. The van der Waals surface area contributed by atoms with Gasteiger partial charge in [0, 0.05) is 51.2 Å². The van der Waals surface area contributed by atoms with E-state index in [4.69, 9.17) is 9.47 Å². The van der Waals surface area contributed by atoms with Crippen molar-refractivity contribution in [2.75, 3.05) is 44.3 Å². The van der Waals surface area contributed by atoms with Crippen molar-refractivity contribution in [1.82, 2.24) is 34.5 Å². The Morgan fingerprint density at radius 2 is 1.80 bits per heavy atom. The number of aromatic nitrogens is 4. The number of fused-ring (bicyclic) bond motifs is 1. The molecule has 234 valence electrons. The van der Waals surface area contributed by atoms with E-state index in [1.54, 1.807) is 53.8 Å². The summed E-state index contributed by atoms with van der Waals surface area (Å²) in [6.45, 7) is 2.13. The maximum Gasteiger partial charge on any atom is 0.331 e. The molecule has 3 amide bonds. The lowest BCUT2D eigenvalue weighted by molar-refractivity contribution is -0.122. The summed E-state index contributed by atoms with van der Waals surface area (Å²) in [5.74, 6) is 2.14. The van der Waals surface area contributed by atoms with Gasteiger partial charge >= 0.3 is 6.03 Å². The number of carbonyl (C=O) groups excluding carboxylic acids is 2. The molecule has 1 atom stereocenters. The highest BCUT2D eigenvalue weighted by Crippen LogP contribution is 2.30. The van der Waals surface area contributed by atoms with Crippen LogP contribution in [0.3, 0.4) is 0 Å². The summed E-state index contributed by atoms with van der Waals surface area (Å²) in [5.41, 5.74) is 0.980. The smallest absolute Gasteiger partial charge is 0.331 e. The van der Waals surface area contributed by atoms with Crippen molar-refractivity contribution < 1.29 is 27.5 Å². The van der Waals surface area contributed by atoms with Gasteiger partial charge in [0.15, 0.2) is 11.5 Å². The van der Waals surface area contributed by atoms with E-state index in [2.05, 4.69) is 25.0 Å². The van der Waals surface area contributed by atoms with Crippen LogP contribution in [0.1, 0.15) is 12.0 Å². The van der Waals surface area contributed by atoms with Gasteiger partial charge in [-0.05, 0) is 42.3 Å². The van der Waals surface area contributed by atoms with E-state index in [0.29, 0.717) is 56.0 Å². The van der Waals surface area contributed by atoms with Gasteiger partial charge in [-0.3, -0.25) is 9.36 Å². The zero-order valence-electron chi connectivity index (χ0n) is 24.3. The summed E-state index contributed by atoms with van der Waals surface area (Å²) in [7, 11) is -4.11. The molecule has 45 heavy (non-hydrogen) atoms. The number of rotatable bonds is 9. The van der Waals surface area contributed by atoms with Gasteiger partial charge in [0.2, 0.25) is 11.9 Å². The number of nitrogens with one attached hydrogen (secondary N) is 2. The van der Waals surface area contributed by atoms with Crippen LogP contribution >= 0.6 is 0 Å². The molecule has 0 saturated carbocycles. The van der Waals surface area contributed by atoms with Crippen molar-refractivity contribution in [2.24, 2.45) is 0 Å². The van der Waals surface area contributed by atoms with Crippen molar-refractivity contribution in [2.45, 2.75) is 23.8 Å². The predicted molar refractivity (Wildman–Crippen MR) is 163 cm³/mol. The molecule has 0 bridgehead atoms. The van der Waals surface area contributed by atoms with Crippen LogP contribution in [0, 0.1) is 0 Å². The van der Waals surface area contributed by atoms with Gasteiger partial charge in [0.25, 0.3) is 10.0 Å². The summed E-state index contributed by atoms with van der Waals surface area (Å²) in [6.07, 6.45) is 7.09. The van der Waals surface area contributed by atoms with Crippen molar-refractivity contribution in [3.05, 3.63) is 85.1 Å². The first-order valence-electron chi connectivity index (χ1n) is 14.5. The van der Waals surface area contributed by atoms with Gasteiger partial charge in [0.05, 0.1) is 10.9 Å². The lowest BCUT2D eigenvalue weighted by Gasteiger charge is -2.41. The molecule has 2 aromatic carbocycles. The van der Waals surface area contributed by atoms with Crippen LogP contribution in [0.5, 0.6) is 11.5 Å². The number of carbonyl (C=O) groups is 2. The summed E-state index contributed by atoms with van der Waals surface area (Å²) in [6, 6.07) is 13.7. The molecule has 1 fully saturated rings. The third-order valence-electron chi connectivity index (χ3n) is 7.47. The van der Waals surface area contributed by atoms with Crippen molar-refractivity contribution >= 4 is 27.8 Å². The highest BCUT2D eigenvalue weighted by atomic mass is 32.2.